The average molecular weight is 246 g/mol. The largest absolute Gasteiger partial charge is 0.495 e. The van der Waals surface area contributed by atoms with Gasteiger partial charge in [-0.2, -0.15) is 0 Å². The third-order valence-electron chi connectivity index (χ3n) is 2.74. The van der Waals surface area contributed by atoms with Gasteiger partial charge in [0.25, 0.3) is 0 Å². The van der Waals surface area contributed by atoms with Crippen LogP contribution in [0.25, 0.3) is 0 Å². The second kappa shape index (κ2) is 4.96. The Bertz CT molecular complexity index is 570. The molecule has 0 saturated heterocycles. The average Bonchev–Trinajstić information content (AvgIpc) is 2.35. The number of rotatable bonds is 3. The van der Waals surface area contributed by atoms with Crippen molar-refractivity contribution in [1.29, 1.82) is 0 Å². The number of ether oxygens (including phenoxy) is 1. The normalized spacial score (nSPS) is 10.2. The topological polar surface area (TPSA) is 47.3 Å². The molecule has 0 bridgehead atoms. The number of hydrogen-bond donors (Lipinski definition) is 2. The van der Waals surface area contributed by atoms with Crippen LogP contribution in [0.15, 0.2) is 36.4 Å². The Morgan fingerprint density at radius 3 is 2.61 bits per heavy atom. The molecule has 0 amide bonds. The van der Waals surface area contributed by atoms with E-state index in [4.69, 9.17) is 10.5 Å². The summed E-state index contributed by atoms with van der Waals surface area (Å²) in [6, 6.07) is 10.0. The third-order valence-corrected chi connectivity index (χ3v) is 2.74. The van der Waals surface area contributed by atoms with Crippen LogP contribution < -0.4 is 15.8 Å². The van der Waals surface area contributed by atoms with Gasteiger partial charge in [0.1, 0.15) is 11.6 Å². The van der Waals surface area contributed by atoms with Gasteiger partial charge < -0.3 is 15.8 Å². The molecule has 4 heteroatoms. The van der Waals surface area contributed by atoms with E-state index in [0.29, 0.717) is 11.4 Å². The standard InChI is InChI=1S/C14H15FN2O/c1-9-8-10(15)6-7-11(9)17-12-4-3-5-13(18-2)14(12)16/h3-8,17H,16H2,1-2H3. The van der Waals surface area contributed by atoms with Crippen molar-refractivity contribution in [3.63, 3.8) is 0 Å². The monoisotopic (exact) mass is 246 g/mol. The van der Waals surface area contributed by atoms with Gasteiger partial charge in [-0.05, 0) is 42.8 Å². The van der Waals surface area contributed by atoms with Crippen molar-refractivity contribution in [2.45, 2.75) is 6.92 Å². The van der Waals surface area contributed by atoms with E-state index in [1.165, 1.54) is 12.1 Å². The summed E-state index contributed by atoms with van der Waals surface area (Å²) < 4.78 is 18.2. The van der Waals surface area contributed by atoms with Crippen molar-refractivity contribution in [2.24, 2.45) is 0 Å². The van der Waals surface area contributed by atoms with Crippen molar-refractivity contribution < 1.29 is 9.13 Å². The van der Waals surface area contributed by atoms with Gasteiger partial charge in [0.2, 0.25) is 0 Å². The van der Waals surface area contributed by atoms with Crippen molar-refractivity contribution in [3.05, 3.63) is 47.8 Å². The maximum atomic E-state index is 13.0. The molecule has 0 aliphatic rings. The predicted octanol–water partition coefficient (Wildman–Crippen LogP) is 3.47. The number of hydrogen-bond acceptors (Lipinski definition) is 3. The van der Waals surface area contributed by atoms with Gasteiger partial charge in [-0.3, -0.25) is 0 Å². The minimum Gasteiger partial charge on any atom is -0.495 e. The number of anilines is 3. The highest BCUT2D eigenvalue weighted by Gasteiger charge is 2.06. The Labute approximate surface area is 105 Å². The molecule has 0 spiro atoms. The highest BCUT2D eigenvalue weighted by atomic mass is 19.1. The van der Waals surface area contributed by atoms with Crippen LogP contribution in [-0.4, -0.2) is 7.11 Å². The molecular weight excluding hydrogens is 231 g/mol. The number of nitrogens with two attached hydrogens (primary N) is 1. The zero-order valence-electron chi connectivity index (χ0n) is 10.3. The molecule has 0 aromatic heterocycles. The van der Waals surface area contributed by atoms with Gasteiger partial charge in [0.15, 0.2) is 0 Å². The number of nitrogen functional groups attached to an aromatic ring is 1. The van der Waals surface area contributed by atoms with Crippen LogP contribution in [0.2, 0.25) is 0 Å². The molecule has 2 aromatic rings. The summed E-state index contributed by atoms with van der Waals surface area (Å²) in [7, 11) is 1.57. The van der Waals surface area contributed by atoms with Gasteiger partial charge in [0, 0.05) is 5.69 Å². The van der Waals surface area contributed by atoms with E-state index in [2.05, 4.69) is 5.32 Å². The molecule has 2 rings (SSSR count). The minimum absolute atomic E-state index is 0.253. The molecule has 0 fully saturated rings. The molecule has 0 saturated carbocycles. The van der Waals surface area contributed by atoms with E-state index < -0.39 is 0 Å². The SMILES string of the molecule is COc1cccc(Nc2ccc(F)cc2C)c1N. The Kier molecular flexibility index (Phi) is 3.37. The van der Waals surface area contributed by atoms with Gasteiger partial charge in [0.05, 0.1) is 18.5 Å². The molecule has 0 atom stereocenters. The molecule has 94 valence electrons. The summed E-state index contributed by atoms with van der Waals surface area (Å²) in [5.41, 5.74) is 8.86. The van der Waals surface area contributed by atoms with Crippen molar-refractivity contribution in [1.82, 2.24) is 0 Å². The molecule has 2 aromatic carbocycles. The lowest BCUT2D eigenvalue weighted by Gasteiger charge is -2.13. The predicted molar refractivity (Wildman–Crippen MR) is 71.8 cm³/mol. The van der Waals surface area contributed by atoms with Crippen LogP contribution in [0.3, 0.4) is 0 Å². The molecule has 0 aliphatic heterocycles. The molecular formula is C14H15FN2O. The van der Waals surface area contributed by atoms with Gasteiger partial charge in [-0.25, -0.2) is 4.39 Å². The zero-order valence-corrected chi connectivity index (χ0v) is 10.3. The van der Waals surface area contributed by atoms with Crippen molar-refractivity contribution in [3.8, 4) is 5.75 Å². The molecule has 0 aliphatic carbocycles. The fraction of sp³-hybridized carbons (Fsp3) is 0.143. The minimum atomic E-state index is -0.253. The Balaban J connectivity index is 2.34. The van der Waals surface area contributed by atoms with E-state index in [1.54, 1.807) is 19.2 Å². The number of aryl methyl sites for hydroxylation is 1. The quantitative estimate of drug-likeness (QED) is 0.815. The van der Waals surface area contributed by atoms with Crippen LogP contribution in [0.5, 0.6) is 5.75 Å². The Hall–Kier alpha value is -2.23. The highest BCUT2D eigenvalue weighted by molar-refractivity contribution is 5.78. The van der Waals surface area contributed by atoms with E-state index >= 15 is 0 Å². The van der Waals surface area contributed by atoms with E-state index in [-0.39, 0.29) is 5.82 Å². The van der Waals surface area contributed by atoms with Crippen LogP contribution in [-0.2, 0) is 0 Å². The van der Waals surface area contributed by atoms with Crippen LogP contribution in [0.1, 0.15) is 5.56 Å². The molecule has 3 nitrogen and oxygen atoms in total. The first-order chi connectivity index (χ1) is 8.61. The fourth-order valence-electron chi connectivity index (χ4n) is 1.74. The Morgan fingerprint density at radius 2 is 1.94 bits per heavy atom. The summed E-state index contributed by atoms with van der Waals surface area (Å²) >= 11 is 0. The summed E-state index contributed by atoms with van der Waals surface area (Å²) in [5, 5.41) is 3.17. The third kappa shape index (κ3) is 2.37. The lowest BCUT2D eigenvalue weighted by Crippen LogP contribution is -2.00. The number of para-hydroxylation sites is 1. The van der Waals surface area contributed by atoms with Crippen molar-refractivity contribution >= 4 is 17.1 Å². The Morgan fingerprint density at radius 1 is 1.17 bits per heavy atom. The van der Waals surface area contributed by atoms with E-state index in [1.807, 2.05) is 19.1 Å². The number of halogens is 1. The van der Waals surface area contributed by atoms with E-state index in [0.717, 1.165) is 16.9 Å². The van der Waals surface area contributed by atoms with Gasteiger partial charge in [-0.15, -0.1) is 0 Å². The van der Waals surface area contributed by atoms with Crippen LogP contribution in [0, 0.1) is 12.7 Å². The van der Waals surface area contributed by atoms with Crippen LogP contribution >= 0.6 is 0 Å². The summed E-state index contributed by atoms with van der Waals surface area (Å²) in [6.07, 6.45) is 0. The summed E-state index contributed by atoms with van der Waals surface area (Å²) in [4.78, 5) is 0. The second-order valence-electron chi connectivity index (χ2n) is 4.01. The number of methoxy groups -OCH3 is 1. The molecule has 0 radical (unpaired) electrons. The number of nitrogens with one attached hydrogen (secondary N) is 1. The first kappa shape index (κ1) is 12.2. The maximum Gasteiger partial charge on any atom is 0.143 e. The molecule has 18 heavy (non-hydrogen) atoms. The van der Waals surface area contributed by atoms with Gasteiger partial charge >= 0.3 is 0 Å². The summed E-state index contributed by atoms with van der Waals surface area (Å²) in [5.74, 6) is 0.358. The number of benzene rings is 2. The summed E-state index contributed by atoms with van der Waals surface area (Å²) in [6.45, 7) is 1.84. The van der Waals surface area contributed by atoms with Crippen LogP contribution in [0.4, 0.5) is 21.5 Å². The molecule has 0 heterocycles. The smallest absolute Gasteiger partial charge is 0.143 e. The highest BCUT2D eigenvalue weighted by Crippen LogP contribution is 2.32. The first-order valence-corrected chi connectivity index (χ1v) is 5.57. The lowest BCUT2D eigenvalue weighted by molar-refractivity contribution is 0.417. The maximum absolute atomic E-state index is 13.0. The van der Waals surface area contributed by atoms with E-state index in [9.17, 15) is 4.39 Å². The molecule has 3 N–H and O–H groups in total. The second-order valence-corrected chi connectivity index (χ2v) is 4.01. The zero-order chi connectivity index (χ0) is 13.1. The molecule has 0 unspecified atom stereocenters. The fourth-order valence-corrected chi connectivity index (χ4v) is 1.74. The van der Waals surface area contributed by atoms with Gasteiger partial charge in [-0.1, -0.05) is 6.07 Å². The van der Waals surface area contributed by atoms with Crippen molar-refractivity contribution in [2.75, 3.05) is 18.2 Å². The first-order valence-electron chi connectivity index (χ1n) is 5.57. The lowest BCUT2D eigenvalue weighted by atomic mass is 10.1.